The lowest BCUT2D eigenvalue weighted by molar-refractivity contribution is 0.468. The second-order valence-electron chi connectivity index (χ2n) is 3.93. The number of aromatic nitrogens is 3. The maximum absolute atomic E-state index is 9.77. The maximum atomic E-state index is 9.77. The summed E-state index contributed by atoms with van der Waals surface area (Å²) in [6, 6.07) is 12.7. The van der Waals surface area contributed by atoms with Gasteiger partial charge in [-0.2, -0.15) is 0 Å². The summed E-state index contributed by atoms with van der Waals surface area (Å²) < 4.78 is 0. The van der Waals surface area contributed by atoms with Crippen molar-refractivity contribution in [2.45, 2.75) is 0 Å². The fourth-order valence-electron chi connectivity index (χ4n) is 1.80. The molecule has 0 saturated carbocycles. The predicted molar refractivity (Wildman–Crippen MR) is 70.6 cm³/mol. The highest BCUT2D eigenvalue weighted by Crippen LogP contribution is 2.21. The van der Waals surface area contributed by atoms with Gasteiger partial charge in [0.05, 0.1) is 0 Å². The molecule has 0 unspecified atom stereocenters. The van der Waals surface area contributed by atoms with Gasteiger partial charge in [-0.25, -0.2) is 0 Å². The van der Waals surface area contributed by atoms with Crippen molar-refractivity contribution in [2.24, 2.45) is 0 Å². The van der Waals surface area contributed by atoms with E-state index in [9.17, 15) is 5.11 Å². The van der Waals surface area contributed by atoms with E-state index in [-0.39, 0.29) is 5.75 Å². The van der Waals surface area contributed by atoms with Crippen molar-refractivity contribution in [2.75, 3.05) is 0 Å². The quantitative estimate of drug-likeness (QED) is 0.745. The largest absolute Gasteiger partial charge is 0.506 e. The fourth-order valence-corrected chi connectivity index (χ4v) is 1.80. The number of nitrogens with zero attached hydrogens (tertiary/aromatic N) is 3. The summed E-state index contributed by atoms with van der Waals surface area (Å²) in [4.78, 5) is 1.44. The maximum Gasteiger partial charge on any atom is 0.143 e. The SMILES string of the molecule is C=Cc1ccc2nn(-c3ccccc3O)nc2c1. The Morgan fingerprint density at radius 2 is 1.83 bits per heavy atom. The molecule has 3 rings (SSSR count). The molecular weight excluding hydrogens is 226 g/mol. The summed E-state index contributed by atoms with van der Waals surface area (Å²) in [5, 5.41) is 18.5. The van der Waals surface area contributed by atoms with Gasteiger partial charge in [0.15, 0.2) is 0 Å². The molecule has 0 radical (unpaired) electrons. The zero-order valence-electron chi connectivity index (χ0n) is 9.61. The molecule has 4 heteroatoms. The molecule has 0 bridgehead atoms. The molecule has 3 aromatic rings. The summed E-state index contributed by atoms with van der Waals surface area (Å²) in [7, 11) is 0. The molecule has 18 heavy (non-hydrogen) atoms. The lowest BCUT2D eigenvalue weighted by atomic mass is 10.2. The van der Waals surface area contributed by atoms with Gasteiger partial charge < -0.3 is 5.11 Å². The molecule has 1 aromatic heterocycles. The first-order valence-corrected chi connectivity index (χ1v) is 5.56. The van der Waals surface area contributed by atoms with E-state index >= 15 is 0 Å². The minimum atomic E-state index is 0.154. The topological polar surface area (TPSA) is 50.9 Å². The lowest BCUT2D eigenvalue weighted by Crippen LogP contribution is -1.98. The second kappa shape index (κ2) is 4.00. The lowest BCUT2D eigenvalue weighted by Gasteiger charge is -2.00. The molecule has 0 aliphatic rings. The third kappa shape index (κ3) is 1.64. The van der Waals surface area contributed by atoms with Gasteiger partial charge in [-0.1, -0.05) is 30.9 Å². The van der Waals surface area contributed by atoms with Crippen molar-refractivity contribution in [1.29, 1.82) is 0 Å². The van der Waals surface area contributed by atoms with Crippen molar-refractivity contribution in [1.82, 2.24) is 15.0 Å². The monoisotopic (exact) mass is 237 g/mol. The third-order valence-electron chi connectivity index (χ3n) is 2.74. The van der Waals surface area contributed by atoms with Crippen LogP contribution in [0.3, 0.4) is 0 Å². The molecule has 0 spiro atoms. The van der Waals surface area contributed by atoms with Crippen LogP contribution < -0.4 is 0 Å². The number of phenolic OH excluding ortho intramolecular Hbond substituents is 1. The van der Waals surface area contributed by atoms with E-state index < -0.39 is 0 Å². The number of hydrogen-bond donors (Lipinski definition) is 1. The molecule has 1 N–H and O–H groups in total. The minimum absolute atomic E-state index is 0.154. The van der Waals surface area contributed by atoms with Crippen molar-refractivity contribution in [3.8, 4) is 11.4 Å². The third-order valence-corrected chi connectivity index (χ3v) is 2.74. The number of aromatic hydroxyl groups is 1. The van der Waals surface area contributed by atoms with Crippen LogP contribution >= 0.6 is 0 Å². The summed E-state index contributed by atoms with van der Waals surface area (Å²) in [6.45, 7) is 3.72. The Kier molecular flexibility index (Phi) is 2.34. The van der Waals surface area contributed by atoms with Crippen LogP contribution in [-0.4, -0.2) is 20.1 Å². The number of benzene rings is 2. The molecule has 0 aliphatic heterocycles. The number of para-hydroxylation sites is 2. The Balaban J connectivity index is 2.19. The summed E-state index contributed by atoms with van der Waals surface area (Å²) in [5.74, 6) is 0.154. The molecule has 0 aliphatic carbocycles. The van der Waals surface area contributed by atoms with E-state index in [1.165, 1.54) is 4.80 Å². The van der Waals surface area contributed by atoms with Gasteiger partial charge in [0.1, 0.15) is 22.5 Å². The normalized spacial score (nSPS) is 10.7. The first-order chi connectivity index (χ1) is 8.78. The summed E-state index contributed by atoms with van der Waals surface area (Å²) >= 11 is 0. The van der Waals surface area contributed by atoms with Crippen LogP contribution in [0, 0.1) is 0 Å². The van der Waals surface area contributed by atoms with Gasteiger partial charge in [-0.05, 0) is 29.8 Å². The molecular formula is C14H11N3O. The number of hydrogen-bond acceptors (Lipinski definition) is 3. The van der Waals surface area contributed by atoms with Crippen molar-refractivity contribution < 1.29 is 5.11 Å². The Bertz CT molecular complexity index is 731. The molecule has 2 aromatic carbocycles. The summed E-state index contributed by atoms with van der Waals surface area (Å²) in [5.41, 5.74) is 3.11. The zero-order valence-corrected chi connectivity index (χ0v) is 9.61. The van der Waals surface area contributed by atoms with E-state index in [0.29, 0.717) is 5.69 Å². The van der Waals surface area contributed by atoms with Crippen LogP contribution in [0.25, 0.3) is 22.8 Å². The minimum Gasteiger partial charge on any atom is -0.506 e. The van der Waals surface area contributed by atoms with Crippen LogP contribution in [0.4, 0.5) is 0 Å². The van der Waals surface area contributed by atoms with E-state index in [0.717, 1.165) is 16.6 Å². The smallest absolute Gasteiger partial charge is 0.143 e. The molecule has 0 fully saturated rings. The molecule has 0 amide bonds. The first kappa shape index (κ1) is 10.5. The van der Waals surface area contributed by atoms with Crippen LogP contribution in [-0.2, 0) is 0 Å². The van der Waals surface area contributed by atoms with E-state index in [1.54, 1.807) is 24.3 Å². The Labute approximate surface area is 104 Å². The highest BCUT2D eigenvalue weighted by atomic mass is 16.3. The van der Waals surface area contributed by atoms with Gasteiger partial charge >= 0.3 is 0 Å². The molecule has 4 nitrogen and oxygen atoms in total. The van der Waals surface area contributed by atoms with Crippen LogP contribution in [0.1, 0.15) is 5.56 Å². The standard InChI is InChI=1S/C14H11N3O/c1-2-10-7-8-11-12(9-10)16-17(15-11)13-5-3-4-6-14(13)18/h2-9,18H,1H2. The van der Waals surface area contributed by atoms with E-state index in [1.807, 2.05) is 24.3 Å². The van der Waals surface area contributed by atoms with Gasteiger partial charge in [0, 0.05) is 0 Å². The van der Waals surface area contributed by atoms with Crippen molar-refractivity contribution >= 4 is 17.1 Å². The van der Waals surface area contributed by atoms with Crippen LogP contribution in [0.15, 0.2) is 49.0 Å². The summed E-state index contributed by atoms with van der Waals surface area (Å²) in [6.07, 6.45) is 1.76. The molecule has 1 heterocycles. The van der Waals surface area contributed by atoms with Crippen molar-refractivity contribution in [3.63, 3.8) is 0 Å². The number of rotatable bonds is 2. The highest BCUT2D eigenvalue weighted by molar-refractivity contribution is 5.77. The molecule has 0 saturated heterocycles. The van der Waals surface area contributed by atoms with Gasteiger partial charge in [-0.3, -0.25) is 0 Å². The van der Waals surface area contributed by atoms with Gasteiger partial charge in [0.2, 0.25) is 0 Å². The average Bonchev–Trinajstić information content (AvgIpc) is 2.81. The number of phenols is 1. The van der Waals surface area contributed by atoms with E-state index in [2.05, 4.69) is 16.8 Å². The molecule has 88 valence electrons. The second-order valence-corrected chi connectivity index (χ2v) is 3.93. The number of fused-ring (bicyclic) bond motifs is 1. The Morgan fingerprint density at radius 3 is 2.61 bits per heavy atom. The average molecular weight is 237 g/mol. The zero-order chi connectivity index (χ0) is 12.5. The van der Waals surface area contributed by atoms with Gasteiger partial charge in [-0.15, -0.1) is 15.0 Å². The highest BCUT2D eigenvalue weighted by Gasteiger charge is 2.07. The Morgan fingerprint density at radius 1 is 1.06 bits per heavy atom. The van der Waals surface area contributed by atoms with Crippen molar-refractivity contribution in [3.05, 3.63) is 54.6 Å². The Hall–Kier alpha value is -2.62. The molecule has 0 atom stereocenters. The fraction of sp³-hybridized carbons (Fsp3) is 0. The predicted octanol–water partition coefficient (Wildman–Crippen LogP) is 2.77. The van der Waals surface area contributed by atoms with Crippen LogP contribution in [0.2, 0.25) is 0 Å². The van der Waals surface area contributed by atoms with Gasteiger partial charge in [0.25, 0.3) is 0 Å². The van der Waals surface area contributed by atoms with Crippen LogP contribution in [0.5, 0.6) is 5.75 Å². The van der Waals surface area contributed by atoms with E-state index in [4.69, 9.17) is 0 Å². The first-order valence-electron chi connectivity index (χ1n) is 5.56.